The highest BCUT2D eigenvalue weighted by atomic mass is 32.2. The predicted molar refractivity (Wildman–Crippen MR) is 116 cm³/mol. The van der Waals surface area contributed by atoms with Gasteiger partial charge in [-0.25, -0.2) is 17.2 Å². The van der Waals surface area contributed by atoms with Gasteiger partial charge in [0.05, 0.1) is 12.0 Å². The Morgan fingerprint density at radius 1 is 1.06 bits per heavy atom. The number of nitrogens with one attached hydrogen (secondary N) is 1. The number of sulfonamides is 1. The van der Waals surface area contributed by atoms with Gasteiger partial charge in [0.1, 0.15) is 11.6 Å². The topological polar surface area (TPSA) is 90.5 Å². The molecule has 0 unspecified atom stereocenters. The van der Waals surface area contributed by atoms with Crippen LogP contribution in [0.1, 0.15) is 6.92 Å². The summed E-state index contributed by atoms with van der Waals surface area (Å²) in [6.07, 6.45) is 2.90. The second kappa shape index (κ2) is 8.12. The molecule has 10 heteroatoms. The van der Waals surface area contributed by atoms with Crippen molar-refractivity contribution < 1.29 is 26.4 Å². The summed E-state index contributed by atoms with van der Waals surface area (Å²) in [4.78, 5) is 12.4. The van der Waals surface area contributed by atoms with Crippen molar-refractivity contribution in [3.8, 4) is 22.6 Å². The summed E-state index contributed by atoms with van der Waals surface area (Å²) in [6, 6.07) is 8.93. The molecular formula is C22H18F2N2O5S. The normalized spacial score (nSPS) is 11.6. The number of ether oxygens (including phenoxy) is 1. The fourth-order valence-corrected chi connectivity index (χ4v) is 3.84. The van der Waals surface area contributed by atoms with Gasteiger partial charge in [0.15, 0.2) is 17.1 Å². The molecule has 0 amide bonds. The van der Waals surface area contributed by atoms with Crippen LogP contribution in [0.25, 0.3) is 22.1 Å². The molecule has 0 aliphatic carbocycles. The maximum absolute atomic E-state index is 14.2. The Hall–Kier alpha value is -3.66. The Morgan fingerprint density at radius 3 is 2.53 bits per heavy atom. The number of benzene rings is 2. The first-order chi connectivity index (χ1) is 15.2. The van der Waals surface area contributed by atoms with Crippen LogP contribution in [-0.2, 0) is 17.1 Å². The van der Waals surface area contributed by atoms with Gasteiger partial charge < -0.3 is 13.7 Å². The second-order valence-electron chi connectivity index (χ2n) is 7.02. The van der Waals surface area contributed by atoms with Crippen molar-refractivity contribution in [3.05, 3.63) is 76.9 Å². The SMILES string of the molecule is CCS(=O)(=O)Nc1ccc(Oc2ccc(F)cc2F)c(-c2cn(C)c(=O)c3occc23)c1. The average molecular weight is 460 g/mol. The van der Waals surface area contributed by atoms with Gasteiger partial charge in [-0.3, -0.25) is 9.52 Å². The average Bonchev–Trinajstić information content (AvgIpc) is 3.24. The van der Waals surface area contributed by atoms with Crippen LogP contribution in [0.4, 0.5) is 14.5 Å². The number of pyridine rings is 1. The molecule has 4 aromatic rings. The standard InChI is InChI=1S/C22H18F2N2O5S/c1-3-32(28,29)25-14-5-7-19(31-20-6-4-13(23)10-18(20)24)16(11-14)17-12-26(2)22(27)21-15(17)8-9-30-21/h4-12,25H,3H2,1-2H3. The summed E-state index contributed by atoms with van der Waals surface area (Å²) in [5.74, 6) is -1.84. The molecule has 0 fully saturated rings. The van der Waals surface area contributed by atoms with E-state index in [1.165, 1.54) is 43.0 Å². The molecule has 0 spiro atoms. The van der Waals surface area contributed by atoms with E-state index in [1.807, 2.05) is 0 Å². The first-order valence-corrected chi connectivity index (χ1v) is 11.2. The molecule has 7 nitrogen and oxygen atoms in total. The van der Waals surface area contributed by atoms with Gasteiger partial charge in [0, 0.05) is 41.5 Å². The second-order valence-corrected chi connectivity index (χ2v) is 9.03. The summed E-state index contributed by atoms with van der Waals surface area (Å²) < 4.78 is 66.4. The summed E-state index contributed by atoms with van der Waals surface area (Å²) in [5.41, 5.74) is 0.851. The summed E-state index contributed by atoms with van der Waals surface area (Å²) in [6.45, 7) is 1.50. The van der Waals surface area contributed by atoms with Gasteiger partial charge in [0.25, 0.3) is 5.56 Å². The van der Waals surface area contributed by atoms with E-state index < -0.39 is 21.7 Å². The molecule has 1 N–H and O–H groups in total. The number of hydrogen-bond acceptors (Lipinski definition) is 5. The van der Waals surface area contributed by atoms with Crippen LogP contribution in [0.5, 0.6) is 11.5 Å². The quantitative estimate of drug-likeness (QED) is 0.453. The molecule has 0 saturated carbocycles. The fraction of sp³-hybridized carbons (Fsp3) is 0.136. The first-order valence-electron chi connectivity index (χ1n) is 9.53. The van der Waals surface area contributed by atoms with Crippen molar-refractivity contribution in [2.45, 2.75) is 6.92 Å². The van der Waals surface area contributed by atoms with Crippen molar-refractivity contribution in [1.82, 2.24) is 4.57 Å². The highest BCUT2D eigenvalue weighted by Gasteiger charge is 2.18. The largest absolute Gasteiger partial charge is 0.458 e. The van der Waals surface area contributed by atoms with Gasteiger partial charge in [-0.2, -0.15) is 0 Å². The number of furan rings is 1. The zero-order chi connectivity index (χ0) is 23.0. The van der Waals surface area contributed by atoms with Gasteiger partial charge in [-0.05, 0) is 43.3 Å². The highest BCUT2D eigenvalue weighted by molar-refractivity contribution is 7.92. The molecule has 2 heterocycles. The van der Waals surface area contributed by atoms with Crippen LogP contribution in [0.15, 0.2) is 64.1 Å². The molecule has 166 valence electrons. The van der Waals surface area contributed by atoms with E-state index in [0.717, 1.165) is 12.1 Å². The van der Waals surface area contributed by atoms with E-state index in [2.05, 4.69) is 4.72 Å². The minimum Gasteiger partial charge on any atom is -0.458 e. The lowest BCUT2D eigenvalue weighted by molar-refractivity contribution is 0.439. The predicted octanol–water partition coefficient (Wildman–Crippen LogP) is 4.63. The van der Waals surface area contributed by atoms with Crippen LogP contribution in [0, 0.1) is 11.6 Å². The van der Waals surface area contributed by atoms with Gasteiger partial charge in [-0.1, -0.05) is 0 Å². The molecule has 0 saturated heterocycles. The van der Waals surface area contributed by atoms with Crippen molar-refractivity contribution in [1.29, 1.82) is 0 Å². The van der Waals surface area contributed by atoms with E-state index in [9.17, 15) is 22.0 Å². The number of anilines is 1. The molecule has 0 aliphatic rings. The fourth-order valence-electron chi connectivity index (χ4n) is 3.20. The Kier molecular flexibility index (Phi) is 5.47. The van der Waals surface area contributed by atoms with Crippen LogP contribution >= 0.6 is 0 Å². The van der Waals surface area contributed by atoms with E-state index in [4.69, 9.17) is 9.15 Å². The monoisotopic (exact) mass is 460 g/mol. The van der Waals surface area contributed by atoms with Crippen molar-refractivity contribution in [3.63, 3.8) is 0 Å². The lowest BCUT2D eigenvalue weighted by atomic mass is 10.0. The summed E-state index contributed by atoms with van der Waals surface area (Å²) >= 11 is 0. The van der Waals surface area contributed by atoms with Gasteiger partial charge in [-0.15, -0.1) is 0 Å². The van der Waals surface area contributed by atoms with E-state index in [1.54, 1.807) is 12.3 Å². The van der Waals surface area contributed by atoms with E-state index >= 15 is 0 Å². The maximum atomic E-state index is 14.2. The third-order valence-electron chi connectivity index (χ3n) is 4.83. The maximum Gasteiger partial charge on any atom is 0.293 e. The first kappa shape index (κ1) is 21.6. The number of hydrogen-bond donors (Lipinski definition) is 1. The Morgan fingerprint density at radius 2 is 1.81 bits per heavy atom. The number of nitrogens with zero attached hydrogens (tertiary/aromatic N) is 1. The van der Waals surface area contributed by atoms with Gasteiger partial charge in [0.2, 0.25) is 10.0 Å². The summed E-state index contributed by atoms with van der Waals surface area (Å²) in [5, 5.41) is 0.466. The minimum absolute atomic E-state index is 0.100. The summed E-state index contributed by atoms with van der Waals surface area (Å²) in [7, 11) is -2.03. The minimum atomic E-state index is -3.57. The Labute approximate surface area is 181 Å². The molecule has 32 heavy (non-hydrogen) atoms. The third-order valence-corrected chi connectivity index (χ3v) is 6.14. The highest BCUT2D eigenvalue weighted by Crippen LogP contribution is 2.39. The van der Waals surface area contributed by atoms with E-state index in [-0.39, 0.29) is 34.1 Å². The Balaban J connectivity index is 1.93. The lowest BCUT2D eigenvalue weighted by Gasteiger charge is -2.16. The van der Waals surface area contributed by atoms with Crippen LogP contribution < -0.4 is 15.0 Å². The van der Waals surface area contributed by atoms with E-state index in [0.29, 0.717) is 22.6 Å². The smallest absolute Gasteiger partial charge is 0.293 e. The Bertz CT molecular complexity index is 1490. The molecule has 0 aliphatic heterocycles. The van der Waals surface area contributed by atoms with Crippen molar-refractivity contribution >= 4 is 26.7 Å². The number of rotatable bonds is 6. The molecule has 0 atom stereocenters. The number of halogens is 2. The van der Waals surface area contributed by atoms with Crippen molar-refractivity contribution in [2.24, 2.45) is 7.05 Å². The number of aromatic nitrogens is 1. The number of fused-ring (bicyclic) bond motifs is 1. The third kappa shape index (κ3) is 4.09. The lowest BCUT2D eigenvalue weighted by Crippen LogP contribution is -2.16. The molecule has 4 rings (SSSR count). The van der Waals surface area contributed by atoms with Crippen molar-refractivity contribution in [2.75, 3.05) is 10.5 Å². The van der Waals surface area contributed by atoms with Crippen LogP contribution in [0.3, 0.4) is 0 Å². The molecule has 0 radical (unpaired) electrons. The zero-order valence-corrected chi connectivity index (χ0v) is 17.9. The molecule has 0 bridgehead atoms. The van der Waals surface area contributed by atoms with Crippen LogP contribution in [-0.4, -0.2) is 18.7 Å². The molecule has 2 aromatic carbocycles. The van der Waals surface area contributed by atoms with Gasteiger partial charge >= 0.3 is 0 Å². The molecular weight excluding hydrogens is 442 g/mol. The zero-order valence-electron chi connectivity index (χ0n) is 17.1. The number of aryl methyl sites for hydroxylation is 1. The van der Waals surface area contributed by atoms with Crippen LogP contribution in [0.2, 0.25) is 0 Å². The molecule has 2 aromatic heterocycles.